The van der Waals surface area contributed by atoms with Crippen LogP contribution in [0.3, 0.4) is 0 Å². The van der Waals surface area contributed by atoms with Gasteiger partial charge in [0.2, 0.25) is 0 Å². The molecule has 2 rings (SSSR count). The van der Waals surface area contributed by atoms with Crippen LogP contribution >= 0.6 is 0 Å². The summed E-state index contributed by atoms with van der Waals surface area (Å²) in [5.41, 5.74) is 2.55. The van der Waals surface area contributed by atoms with Crippen molar-refractivity contribution in [2.24, 2.45) is 0 Å². The van der Waals surface area contributed by atoms with Crippen molar-refractivity contribution in [3.63, 3.8) is 0 Å². The Labute approximate surface area is 101 Å². The number of anilines is 1. The highest BCUT2D eigenvalue weighted by Gasteiger charge is 2.13. The number of hydrogen-bond donors (Lipinski definition) is 2. The molecule has 17 heavy (non-hydrogen) atoms. The summed E-state index contributed by atoms with van der Waals surface area (Å²) in [5, 5.41) is 12.3. The average Bonchev–Trinajstić information content (AvgIpc) is 2.57. The van der Waals surface area contributed by atoms with Gasteiger partial charge >= 0.3 is 5.97 Å². The first-order chi connectivity index (χ1) is 8.18. The van der Waals surface area contributed by atoms with E-state index in [0.29, 0.717) is 5.56 Å². The zero-order valence-electron chi connectivity index (χ0n) is 10.1. The smallest absolute Gasteiger partial charge is 0.335 e. The molecule has 1 aromatic carbocycles. The lowest BCUT2D eigenvalue weighted by molar-refractivity contribution is 0.0697. The van der Waals surface area contributed by atoms with Crippen LogP contribution in [-0.4, -0.2) is 37.3 Å². The third-order valence-electron chi connectivity index (χ3n) is 3.12. The monoisotopic (exact) mass is 234 g/mol. The van der Waals surface area contributed by atoms with Crippen molar-refractivity contribution in [2.75, 3.05) is 31.1 Å². The maximum atomic E-state index is 10.9. The number of aryl methyl sites for hydroxylation is 1. The van der Waals surface area contributed by atoms with Gasteiger partial charge in [-0.15, -0.1) is 0 Å². The number of benzene rings is 1. The van der Waals surface area contributed by atoms with Crippen LogP contribution < -0.4 is 10.2 Å². The molecule has 1 aliphatic heterocycles. The van der Waals surface area contributed by atoms with Crippen LogP contribution in [0.1, 0.15) is 22.3 Å². The predicted molar refractivity (Wildman–Crippen MR) is 67.8 cm³/mol. The van der Waals surface area contributed by atoms with Gasteiger partial charge in [-0.2, -0.15) is 0 Å². The molecule has 1 aliphatic rings. The van der Waals surface area contributed by atoms with Gasteiger partial charge in [0.05, 0.1) is 5.56 Å². The Kier molecular flexibility index (Phi) is 3.64. The van der Waals surface area contributed by atoms with Crippen LogP contribution in [0.15, 0.2) is 18.2 Å². The number of nitrogens with zero attached hydrogens (tertiary/aromatic N) is 1. The molecule has 0 bridgehead atoms. The second-order valence-corrected chi connectivity index (χ2v) is 4.40. The molecule has 0 atom stereocenters. The maximum Gasteiger partial charge on any atom is 0.335 e. The van der Waals surface area contributed by atoms with E-state index in [0.717, 1.165) is 43.9 Å². The van der Waals surface area contributed by atoms with Gasteiger partial charge in [-0.25, -0.2) is 4.79 Å². The molecule has 2 N–H and O–H groups in total. The van der Waals surface area contributed by atoms with Crippen LogP contribution in [0.25, 0.3) is 0 Å². The van der Waals surface area contributed by atoms with E-state index >= 15 is 0 Å². The second kappa shape index (κ2) is 5.19. The lowest BCUT2D eigenvalue weighted by atomic mass is 10.1. The van der Waals surface area contributed by atoms with Gasteiger partial charge in [0, 0.05) is 25.3 Å². The van der Waals surface area contributed by atoms with Gasteiger partial charge in [-0.3, -0.25) is 0 Å². The molecule has 1 fully saturated rings. The maximum absolute atomic E-state index is 10.9. The molecule has 0 spiro atoms. The van der Waals surface area contributed by atoms with E-state index in [1.54, 1.807) is 12.1 Å². The molecule has 4 heteroatoms. The number of rotatable bonds is 2. The van der Waals surface area contributed by atoms with Crippen molar-refractivity contribution in [2.45, 2.75) is 13.3 Å². The number of aromatic carboxylic acids is 1. The fourth-order valence-electron chi connectivity index (χ4n) is 2.23. The summed E-state index contributed by atoms with van der Waals surface area (Å²) in [6.45, 7) is 6.02. The average molecular weight is 234 g/mol. The first-order valence-electron chi connectivity index (χ1n) is 5.98. The van der Waals surface area contributed by atoms with Crippen LogP contribution in [-0.2, 0) is 0 Å². The van der Waals surface area contributed by atoms with Gasteiger partial charge in [-0.05, 0) is 43.7 Å². The molecule has 0 saturated carbocycles. The minimum atomic E-state index is -0.864. The topological polar surface area (TPSA) is 52.6 Å². The molecule has 4 nitrogen and oxygen atoms in total. The zero-order valence-corrected chi connectivity index (χ0v) is 10.1. The van der Waals surface area contributed by atoms with E-state index in [9.17, 15) is 4.79 Å². The Balaban J connectivity index is 2.22. The van der Waals surface area contributed by atoms with E-state index < -0.39 is 5.97 Å². The highest BCUT2D eigenvalue weighted by molar-refractivity contribution is 5.88. The van der Waals surface area contributed by atoms with E-state index in [1.807, 2.05) is 13.0 Å². The Morgan fingerprint density at radius 2 is 2.18 bits per heavy atom. The largest absolute Gasteiger partial charge is 0.478 e. The van der Waals surface area contributed by atoms with Crippen LogP contribution in [0, 0.1) is 6.92 Å². The quantitative estimate of drug-likeness (QED) is 0.814. The lowest BCUT2D eigenvalue weighted by Gasteiger charge is -2.24. The van der Waals surface area contributed by atoms with Gasteiger partial charge in [0.15, 0.2) is 0 Å². The van der Waals surface area contributed by atoms with Crippen LogP contribution in [0.5, 0.6) is 0 Å². The molecule has 0 amide bonds. The van der Waals surface area contributed by atoms with Crippen LogP contribution in [0.4, 0.5) is 5.69 Å². The van der Waals surface area contributed by atoms with Gasteiger partial charge in [0.25, 0.3) is 0 Å². The highest BCUT2D eigenvalue weighted by atomic mass is 16.4. The van der Waals surface area contributed by atoms with Crippen molar-refractivity contribution in [3.8, 4) is 0 Å². The fourth-order valence-corrected chi connectivity index (χ4v) is 2.23. The van der Waals surface area contributed by atoms with E-state index in [-0.39, 0.29) is 0 Å². The molecule has 0 radical (unpaired) electrons. The molecule has 0 aliphatic carbocycles. The van der Waals surface area contributed by atoms with E-state index in [2.05, 4.69) is 10.2 Å². The van der Waals surface area contributed by atoms with E-state index in [1.165, 1.54) is 0 Å². The fraction of sp³-hybridized carbons (Fsp3) is 0.462. The number of hydrogen-bond acceptors (Lipinski definition) is 3. The van der Waals surface area contributed by atoms with Crippen molar-refractivity contribution in [1.29, 1.82) is 0 Å². The highest BCUT2D eigenvalue weighted by Crippen LogP contribution is 2.22. The first kappa shape index (κ1) is 11.9. The third-order valence-corrected chi connectivity index (χ3v) is 3.12. The second-order valence-electron chi connectivity index (χ2n) is 4.40. The van der Waals surface area contributed by atoms with Gasteiger partial charge in [-0.1, -0.05) is 0 Å². The van der Waals surface area contributed by atoms with Crippen molar-refractivity contribution >= 4 is 11.7 Å². The number of carbonyl (C=O) groups is 1. The van der Waals surface area contributed by atoms with Crippen LogP contribution in [0.2, 0.25) is 0 Å². The number of nitrogens with one attached hydrogen (secondary N) is 1. The Bertz CT molecular complexity index is 410. The van der Waals surface area contributed by atoms with Crippen molar-refractivity contribution in [1.82, 2.24) is 5.32 Å². The van der Waals surface area contributed by atoms with Crippen molar-refractivity contribution < 1.29 is 9.90 Å². The summed E-state index contributed by atoms with van der Waals surface area (Å²) in [4.78, 5) is 13.2. The lowest BCUT2D eigenvalue weighted by Crippen LogP contribution is -2.28. The molecule has 1 heterocycles. The van der Waals surface area contributed by atoms with Crippen molar-refractivity contribution in [3.05, 3.63) is 29.3 Å². The van der Waals surface area contributed by atoms with Gasteiger partial charge < -0.3 is 15.3 Å². The number of carboxylic acids is 1. The Morgan fingerprint density at radius 3 is 2.88 bits per heavy atom. The summed E-state index contributed by atoms with van der Waals surface area (Å²) >= 11 is 0. The SMILES string of the molecule is Cc1cc(C(=O)O)ccc1N1CCCNCC1. The molecule has 0 aromatic heterocycles. The predicted octanol–water partition coefficient (Wildman–Crippen LogP) is 1.49. The molecule has 1 saturated heterocycles. The summed E-state index contributed by atoms with van der Waals surface area (Å²) in [6, 6.07) is 5.35. The minimum absolute atomic E-state index is 0.360. The van der Waals surface area contributed by atoms with Gasteiger partial charge in [0.1, 0.15) is 0 Å². The Hall–Kier alpha value is -1.55. The molecular weight excluding hydrogens is 216 g/mol. The number of carboxylic acid groups (broad SMARTS) is 1. The molecule has 1 aromatic rings. The zero-order chi connectivity index (χ0) is 12.3. The molecule has 92 valence electrons. The minimum Gasteiger partial charge on any atom is -0.478 e. The normalized spacial score (nSPS) is 16.6. The first-order valence-corrected chi connectivity index (χ1v) is 5.98. The Morgan fingerprint density at radius 1 is 1.35 bits per heavy atom. The van der Waals surface area contributed by atoms with E-state index in [4.69, 9.17) is 5.11 Å². The standard InChI is InChI=1S/C13H18N2O2/c1-10-9-11(13(16)17)3-4-12(10)15-7-2-5-14-6-8-15/h3-4,9,14H,2,5-8H2,1H3,(H,16,17). The summed E-state index contributed by atoms with van der Waals surface area (Å²) < 4.78 is 0. The summed E-state index contributed by atoms with van der Waals surface area (Å²) in [6.07, 6.45) is 1.13. The molecular formula is C13H18N2O2. The molecule has 0 unspecified atom stereocenters. The third kappa shape index (κ3) is 2.77. The summed E-state index contributed by atoms with van der Waals surface area (Å²) in [7, 11) is 0. The summed E-state index contributed by atoms with van der Waals surface area (Å²) in [5.74, 6) is -0.864.